The van der Waals surface area contributed by atoms with E-state index < -0.39 is 0 Å². The summed E-state index contributed by atoms with van der Waals surface area (Å²) in [6.07, 6.45) is 8.46. The van der Waals surface area contributed by atoms with Gasteiger partial charge in [-0.05, 0) is 44.4 Å². The third-order valence-electron chi connectivity index (χ3n) is 5.77. The SMILES string of the molecule is CCOC(=O)N1CC2CCCC2C1CC(=O)C1CCCC1. The van der Waals surface area contributed by atoms with E-state index in [0.717, 1.165) is 19.4 Å². The Labute approximate surface area is 127 Å². The molecule has 1 amide bonds. The van der Waals surface area contributed by atoms with Gasteiger partial charge in [-0.25, -0.2) is 4.79 Å². The highest BCUT2D eigenvalue weighted by molar-refractivity contribution is 5.82. The van der Waals surface area contributed by atoms with E-state index in [1.807, 2.05) is 11.8 Å². The first-order valence-electron chi connectivity index (χ1n) is 8.66. The van der Waals surface area contributed by atoms with Crippen LogP contribution >= 0.6 is 0 Å². The molecule has 0 radical (unpaired) electrons. The Kier molecular flexibility index (Phi) is 4.51. The minimum Gasteiger partial charge on any atom is -0.450 e. The fourth-order valence-electron chi connectivity index (χ4n) is 4.72. The molecule has 118 valence electrons. The van der Waals surface area contributed by atoms with Gasteiger partial charge in [-0.3, -0.25) is 4.79 Å². The molecule has 2 aliphatic carbocycles. The van der Waals surface area contributed by atoms with Crippen molar-refractivity contribution < 1.29 is 14.3 Å². The molecule has 0 aromatic rings. The van der Waals surface area contributed by atoms with Crippen LogP contribution in [0.1, 0.15) is 58.3 Å². The normalized spacial score (nSPS) is 32.4. The van der Waals surface area contributed by atoms with Gasteiger partial charge in [-0.1, -0.05) is 19.3 Å². The molecule has 4 nitrogen and oxygen atoms in total. The van der Waals surface area contributed by atoms with Crippen molar-refractivity contribution >= 4 is 11.9 Å². The second-order valence-electron chi connectivity index (χ2n) is 6.93. The molecule has 3 atom stereocenters. The van der Waals surface area contributed by atoms with Crippen LogP contribution in [0.3, 0.4) is 0 Å². The van der Waals surface area contributed by atoms with E-state index >= 15 is 0 Å². The van der Waals surface area contributed by atoms with Crippen LogP contribution in [0, 0.1) is 17.8 Å². The summed E-state index contributed by atoms with van der Waals surface area (Å²) in [4.78, 5) is 26.6. The van der Waals surface area contributed by atoms with E-state index in [1.165, 1.54) is 32.1 Å². The van der Waals surface area contributed by atoms with Crippen molar-refractivity contribution in [3.05, 3.63) is 0 Å². The zero-order valence-electron chi connectivity index (χ0n) is 13.1. The number of ketones is 1. The van der Waals surface area contributed by atoms with Gasteiger partial charge in [0.15, 0.2) is 0 Å². The number of Topliss-reactive ketones (excluding diaryl/α,β-unsaturated/α-hetero) is 1. The monoisotopic (exact) mass is 293 g/mol. The number of likely N-dealkylation sites (tertiary alicyclic amines) is 1. The number of ether oxygens (including phenoxy) is 1. The molecule has 1 aliphatic heterocycles. The predicted molar refractivity (Wildman–Crippen MR) is 79.9 cm³/mol. The standard InChI is InChI=1S/C17H27NO3/c1-2-21-17(20)18-11-13-8-5-9-14(13)15(18)10-16(19)12-6-3-4-7-12/h12-15H,2-11H2,1H3. The van der Waals surface area contributed by atoms with E-state index in [9.17, 15) is 9.59 Å². The third kappa shape index (κ3) is 2.95. The highest BCUT2D eigenvalue weighted by Gasteiger charge is 2.47. The van der Waals surface area contributed by atoms with Crippen molar-refractivity contribution in [2.24, 2.45) is 17.8 Å². The van der Waals surface area contributed by atoms with E-state index in [2.05, 4.69) is 0 Å². The van der Waals surface area contributed by atoms with Crippen LogP contribution in [-0.4, -0.2) is 36.0 Å². The molecule has 3 aliphatic rings. The van der Waals surface area contributed by atoms with Crippen molar-refractivity contribution in [1.29, 1.82) is 0 Å². The second kappa shape index (κ2) is 6.37. The Morgan fingerprint density at radius 2 is 1.86 bits per heavy atom. The van der Waals surface area contributed by atoms with Gasteiger partial charge in [-0.15, -0.1) is 0 Å². The average Bonchev–Trinajstić information content (AvgIpc) is 3.16. The Hall–Kier alpha value is -1.06. The average molecular weight is 293 g/mol. The first-order valence-corrected chi connectivity index (χ1v) is 8.66. The molecule has 21 heavy (non-hydrogen) atoms. The summed E-state index contributed by atoms with van der Waals surface area (Å²) < 4.78 is 5.20. The lowest BCUT2D eigenvalue weighted by molar-refractivity contribution is -0.123. The molecule has 0 aromatic heterocycles. The molecule has 4 heteroatoms. The van der Waals surface area contributed by atoms with Gasteiger partial charge in [0.05, 0.1) is 6.61 Å². The summed E-state index contributed by atoms with van der Waals surface area (Å²) in [5, 5.41) is 0. The van der Waals surface area contributed by atoms with E-state index in [1.54, 1.807) is 0 Å². The van der Waals surface area contributed by atoms with E-state index in [-0.39, 0.29) is 18.1 Å². The van der Waals surface area contributed by atoms with Crippen molar-refractivity contribution in [3.8, 4) is 0 Å². The number of hydrogen-bond donors (Lipinski definition) is 0. The summed E-state index contributed by atoms with van der Waals surface area (Å²) in [5.41, 5.74) is 0. The van der Waals surface area contributed by atoms with Crippen molar-refractivity contribution in [1.82, 2.24) is 4.90 Å². The Morgan fingerprint density at radius 1 is 1.10 bits per heavy atom. The molecule has 3 fully saturated rings. The summed E-state index contributed by atoms with van der Waals surface area (Å²) >= 11 is 0. The van der Waals surface area contributed by atoms with E-state index in [4.69, 9.17) is 4.74 Å². The number of nitrogens with zero attached hydrogens (tertiary/aromatic N) is 1. The van der Waals surface area contributed by atoms with Crippen LogP contribution < -0.4 is 0 Å². The lowest BCUT2D eigenvalue weighted by Crippen LogP contribution is -2.40. The van der Waals surface area contributed by atoms with Gasteiger partial charge < -0.3 is 9.64 Å². The van der Waals surface area contributed by atoms with Crippen LogP contribution in [0.2, 0.25) is 0 Å². The van der Waals surface area contributed by atoms with E-state index in [0.29, 0.717) is 30.6 Å². The van der Waals surface area contributed by atoms with Gasteiger partial charge in [-0.2, -0.15) is 0 Å². The van der Waals surface area contributed by atoms with Gasteiger partial charge in [0.1, 0.15) is 5.78 Å². The fraction of sp³-hybridized carbons (Fsp3) is 0.882. The zero-order chi connectivity index (χ0) is 14.8. The van der Waals surface area contributed by atoms with Gasteiger partial charge in [0.2, 0.25) is 0 Å². The number of amides is 1. The minimum absolute atomic E-state index is 0.102. The molecular formula is C17H27NO3. The number of hydrogen-bond acceptors (Lipinski definition) is 3. The predicted octanol–water partition coefficient (Wildman–Crippen LogP) is 3.39. The van der Waals surface area contributed by atoms with Crippen molar-refractivity contribution in [2.75, 3.05) is 13.2 Å². The second-order valence-corrected chi connectivity index (χ2v) is 6.93. The maximum absolute atomic E-state index is 12.5. The Bertz CT molecular complexity index is 403. The molecular weight excluding hydrogens is 266 g/mol. The topological polar surface area (TPSA) is 46.6 Å². The minimum atomic E-state index is -0.212. The summed E-state index contributed by atoms with van der Waals surface area (Å²) in [6.45, 7) is 3.05. The summed E-state index contributed by atoms with van der Waals surface area (Å²) in [6, 6.07) is 0.102. The Balaban J connectivity index is 1.68. The maximum Gasteiger partial charge on any atom is 0.410 e. The number of rotatable bonds is 4. The molecule has 1 saturated heterocycles. The lowest BCUT2D eigenvalue weighted by Gasteiger charge is -2.27. The van der Waals surface area contributed by atoms with Crippen LogP contribution in [0.5, 0.6) is 0 Å². The first kappa shape index (κ1) is 14.9. The van der Waals surface area contributed by atoms with Crippen LogP contribution in [0.4, 0.5) is 4.79 Å². The van der Waals surface area contributed by atoms with Crippen LogP contribution in [-0.2, 0) is 9.53 Å². The summed E-state index contributed by atoms with van der Waals surface area (Å²) in [5.74, 6) is 1.77. The number of carbonyl (C=O) groups is 2. The Morgan fingerprint density at radius 3 is 2.57 bits per heavy atom. The summed E-state index contributed by atoms with van der Waals surface area (Å²) in [7, 11) is 0. The third-order valence-corrected chi connectivity index (χ3v) is 5.77. The molecule has 1 heterocycles. The van der Waals surface area contributed by atoms with Gasteiger partial charge in [0.25, 0.3) is 0 Å². The smallest absolute Gasteiger partial charge is 0.410 e. The van der Waals surface area contributed by atoms with Crippen LogP contribution in [0.15, 0.2) is 0 Å². The zero-order valence-corrected chi connectivity index (χ0v) is 13.1. The molecule has 2 saturated carbocycles. The van der Waals surface area contributed by atoms with Gasteiger partial charge in [0, 0.05) is 24.9 Å². The molecule has 0 N–H and O–H groups in total. The van der Waals surface area contributed by atoms with Crippen LogP contribution in [0.25, 0.3) is 0 Å². The quantitative estimate of drug-likeness (QED) is 0.798. The van der Waals surface area contributed by atoms with Gasteiger partial charge >= 0.3 is 6.09 Å². The number of carbonyl (C=O) groups excluding carboxylic acids is 2. The maximum atomic E-state index is 12.5. The highest BCUT2D eigenvalue weighted by Crippen LogP contribution is 2.44. The molecule has 3 unspecified atom stereocenters. The molecule has 3 rings (SSSR count). The lowest BCUT2D eigenvalue weighted by atomic mass is 9.88. The molecule has 0 aromatic carbocycles. The molecule has 0 bridgehead atoms. The number of fused-ring (bicyclic) bond motifs is 1. The molecule has 0 spiro atoms. The first-order chi connectivity index (χ1) is 10.2. The fourth-order valence-corrected chi connectivity index (χ4v) is 4.72. The largest absolute Gasteiger partial charge is 0.450 e. The van der Waals surface area contributed by atoms with Crippen molar-refractivity contribution in [2.45, 2.75) is 64.3 Å². The van der Waals surface area contributed by atoms with Crippen molar-refractivity contribution in [3.63, 3.8) is 0 Å². The highest BCUT2D eigenvalue weighted by atomic mass is 16.6.